The fourth-order valence-corrected chi connectivity index (χ4v) is 2.46. The van der Waals surface area contributed by atoms with E-state index in [0.29, 0.717) is 6.61 Å². The van der Waals surface area contributed by atoms with E-state index in [1.54, 1.807) is 7.11 Å². The van der Waals surface area contributed by atoms with Crippen LogP contribution in [0.5, 0.6) is 0 Å². The summed E-state index contributed by atoms with van der Waals surface area (Å²) in [5.41, 5.74) is 0. The van der Waals surface area contributed by atoms with Gasteiger partial charge in [-0.2, -0.15) is 0 Å². The van der Waals surface area contributed by atoms with Crippen LogP contribution in [-0.2, 0) is 31.3 Å². The van der Waals surface area contributed by atoms with Crippen molar-refractivity contribution in [3.05, 3.63) is 62.1 Å². The van der Waals surface area contributed by atoms with Gasteiger partial charge in [0.15, 0.2) is 6.29 Å². The predicted molar refractivity (Wildman–Crippen MR) is 80.9 cm³/mol. The van der Waals surface area contributed by atoms with Gasteiger partial charge >= 0.3 is 17.1 Å². The summed E-state index contributed by atoms with van der Waals surface area (Å²) in [5.74, 6) is 1.05. The molecule has 1 heterocycles. The number of methoxy groups -OCH3 is 1. The van der Waals surface area contributed by atoms with Crippen LogP contribution in [0, 0.1) is 62.1 Å². The first-order valence-electron chi connectivity index (χ1n) is 6.65. The molecule has 0 aromatic heterocycles. The van der Waals surface area contributed by atoms with E-state index in [0.717, 1.165) is 23.8 Å². The molecule has 3 fully saturated rings. The summed E-state index contributed by atoms with van der Waals surface area (Å²) in [5, 5.41) is 0. The SMILES string of the molecule is COC[C@@H]1CCO[C@H]([C]2[CH][CH][CH][C]2Br)O1.[CH]1[CH][CH][CH][CH]1.[Fe+2]. The average Bonchev–Trinajstić information content (AvgIpc) is 3.13. The summed E-state index contributed by atoms with van der Waals surface area (Å²) in [6, 6.07) is 0. The second kappa shape index (κ2) is 11.4. The molecular weight excluding hydrogens is 376 g/mol. The predicted octanol–water partition coefficient (Wildman–Crippen LogP) is 2.91. The second-order valence-electron chi connectivity index (χ2n) is 4.50. The number of hydrogen-bond acceptors (Lipinski definition) is 3. The molecule has 5 heteroatoms. The normalized spacial score (nSPS) is 30.6. The molecule has 10 radical (unpaired) electrons. The molecule has 114 valence electrons. The molecule has 3 aliphatic rings. The summed E-state index contributed by atoms with van der Waals surface area (Å²) in [6.45, 7) is 1.34. The van der Waals surface area contributed by atoms with Gasteiger partial charge in [0.25, 0.3) is 0 Å². The molecule has 0 unspecified atom stereocenters. The summed E-state index contributed by atoms with van der Waals surface area (Å²) in [7, 11) is 1.69. The monoisotopic (exact) mass is 394 g/mol. The van der Waals surface area contributed by atoms with Crippen molar-refractivity contribution in [3.8, 4) is 0 Å². The maximum absolute atomic E-state index is 5.77. The number of halogens is 1. The molecular formula is C16H19BrFeO3+2. The fraction of sp³-hybridized carbons (Fsp3) is 0.375. The number of ether oxygens (including phenoxy) is 3. The van der Waals surface area contributed by atoms with Crippen LogP contribution >= 0.6 is 15.9 Å². The van der Waals surface area contributed by atoms with Crippen LogP contribution < -0.4 is 0 Å². The maximum Gasteiger partial charge on any atom is 2.00 e. The molecule has 0 amide bonds. The molecule has 2 atom stereocenters. The topological polar surface area (TPSA) is 27.7 Å². The van der Waals surface area contributed by atoms with Crippen molar-refractivity contribution in [2.24, 2.45) is 0 Å². The number of hydrogen-bond donors (Lipinski definition) is 0. The molecule has 21 heavy (non-hydrogen) atoms. The minimum atomic E-state index is -0.261. The molecule has 1 aliphatic heterocycles. The van der Waals surface area contributed by atoms with Crippen LogP contribution in [0.1, 0.15) is 6.42 Å². The zero-order valence-corrected chi connectivity index (χ0v) is 14.5. The van der Waals surface area contributed by atoms with Crippen molar-refractivity contribution in [3.63, 3.8) is 0 Å². The van der Waals surface area contributed by atoms with Crippen molar-refractivity contribution in [2.75, 3.05) is 20.3 Å². The molecule has 0 aromatic rings. The Kier molecular flexibility index (Phi) is 10.8. The van der Waals surface area contributed by atoms with Crippen LogP contribution in [0.3, 0.4) is 0 Å². The zero-order chi connectivity index (χ0) is 14.2. The largest absolute Gasteiger partial charge is 2.00 e. The molecule has 0 bridgehead atoms. The Labute approximate surface area is 148 Å². The Morgan fingerprint density at radius 2 is 1.81 bits per heavy atom. The molecule has 0 spiro atoms. The van der Waals surface area contributed by atoms with Crippen LogP contribution in [0.2, 0.25) is 0 Å². The summed E-state index contributed by atoms with van der Waals surface area (Å²) in [6.07, 6.45) is 16.7. The maximum atomic E-state index is 5.77. The minimum absolute atomic E-state index is 0. The van der Waals surface area contributed by atoms with Crippen LogP contribution in [0.4, 0.5) is 0 Å². The minimum Gasteiger partial charge on any atom is -0.382 e. The van der Waals surface area contributed by atoms with Crippen molar-refractivity contribution in [1.82, 2.24) is 0 Å². The van der Waals surface area contributed by atoms with E-state index < -0.39 is 0 Å². The first-order valence-corrected chi connectivity index (χ1v) is 7.44. The molecule has 3 rings (SSSR count). The van der Waals surface area contributed by atoms with Crippen molar-refractivity contribution in [2.45, 2.75) is 18.8 Å². The molecule has 2 aliphatic carbocycles. The summed E-state index contributed by atoms with van der Waals surface area (Å²) < 4.78 is 16.4. The van der Waals surface area contributed by atoms with Crippen molar-refractivity contribution < 1.29 is 31.3 Å². The van der Waals surface area contributed by atoms with Gasteiger partial charge in [-0.1, -0.05) is 15.9 Å². The summed E-state index contributed by atoms with van der Waals surface area (Å²) in [4.78, 5) is 1.03. The Hall–Kier alpha value is 0.879. The quantitative estimate of drug-likeness (QED) is 0.689. The van der Waals surface area contributed by atoms with Gasteiger partial charge in [-0.15, -0.1) is 0 Å². The van der Waals surface area contributed by atoms with Gasteiger partial charge in [-0.3, -0.25) is 0 Å². The molecule has 0 aromatic carbocycles. The smallest absolute Gasteiger partial charge is 0.382 e. The molecule has 1 saturated heterocycles. The van der Waals surface area contributed by atoms with Gasteiger partial charge in [0.05, 0.1) is 30.1 Å². The van der Waals surface area contributed by atoms with Crippen LogP contribution in [0.15, 0.2) is 0 Å². The van der Waals surface area contributed by atoms with E-state index in [4.69, 9.17) is 14.2 Å². The van der Waals surface area contributed by atoms with Gasteiger partial charge < -0.3 is 14.2 Å². The van der Waals surface area contributed by atoms with Crippen LogP contribution in [0.25, 0.3) is 0 Å². The summed E-state index contributed by atoms with van der Waals surface area (Å²) >= 11 is 3.47. The first-order chi connectivity index (χ1) is 9.81. The molecule has 0 N–H and O–H groups in total. The number of rotatable bonds is 3. The Morgan fingerprint density at radius 3 is 2.33 bits per heavy atom. The van der Waals surface area contributed by atoms with E-state index in [-0.39, 0.29) is 29.5 Å². The average molecular weight is 395 g/mol. The third-order valence-corrected chi connectivity index (χ3v) is 3.70. The zero-order valence-electron chi connectivity index (χ0n) is 11.9. The van der Waals surface area contributed by atoms with Gasteiger partial charge in [0, 0.05) is 7.11 Å². The third kappa shape index (κ3) is 6.88. The Balaban J connectivity index is 0.000000313. The molecule has 3 nitrogen and oxygen atoms in total. The first kappa shape index (κ1) is 19.9. The third-order valence-electron chi connectivity index (χ3n) is 2.98. The fourth-order valence-electron chi connectivity index (χ4n) is 1.98. The second-order valence-corrected chi connectivity index (χ2v) is 5.35. The van der Waals surface area contributed by atoms with Gasteiger partial charge in [-0.25, -0.2) is 0 Å². The molecule has 2 saturated carbocycles. The van der Waals surface area contributed by atoms with E-state index in [9.17, 15) is 0 Å². The van der Waals surface area contributed by atoms with E-state index in [1.807, 2.05) is 51.4 Å². The van der Waals surface area contributed by atoms with Gasteiger partial charge in [0.2, 0.25) is 0 Å². The Morgan fingerprint density at radius 1 is 1.14 bits per heavy atom. The van der Waals surface area contributed by atoms with E-state index in [1.165, 1.54) is 0 Å². The standard InChI is InChI=1S/C11H14BrO3.C5H5.Fe/c1-13-7-8-5-6-14-11(15-8)9-3-2-4-10(9)12;1-2-4-5-3-1;/h2-4,8,11H,5-7H2,1H3;1-5H;/q;;+2/t8-,11-;;/m0../s1. The van der Waals surface area contributed by atoms with E-state index >= 15 is 0 Å². The van der Waals surface area contributed by atoms with E-state index in [2.05, 4.69) is 15.9 Å². The Bertz CT molecular complexity index is 254. The van der Waals surface area contributed by atoms with Gasteiger partial charge in [0.1, 0.15) is 0 Å². The van der Waals surface area contributed by atoms with Crippen molar-refractivity contribution in [1.29, 1.82) is 0 Å². The van der Waals surface area contributed by atoms with Gasteiger partial charge in [-0.05, 0) is 57.8 Å². The van der Waals surface area contributed by atoms with Crippen molar-refractivity contribution >= 4 is 15.9 Å². The van der Waals surface area contributed by atoms with Crippen LogP contribution in [-0.4, -0.2) is 32.7 Å².